The van der Waals surface area contributed by atoms with E-state index in [0.717, 1.165) is 24.6 Å². The summed E-state index contributed by atoms with van der Waals surface area (Å²) in [6.07, 6.45) is 2.51. The predicted molar refractivity (Wildman–Crippen MR) is 101 cm³/mol. The fraction of sp³-hybridized carbons (Fsp3) is 0.429. The molecule has 130 valence electrons. The molecule has 24 heavy (non-hydrogen) atoms. The minimum absolute atomic E-state index is 0.139. The molecule has 0 bridgehead atoms. The maximum absolute atomic E-state index is 6.00. The molecule has 0 aliphatic heterocycles. The van der Waals surface area contributed by atoms with Crippen molar-refractivity contribution in [3.63, 3.8) is 0 Å². The maximum Gasteiger partial charge on any atom is 0.161 e. The predicted octanol–water partition coefficient (Wildman–Crippen LogP) is 5.16. The molecule has 0 radical (unpaired) electrons. The van der Waals surface area contributed by atoms with Crippen LogP contribution in [0.1, 0.15) is 33.6 Å². The van der Waals surface area contributed by atoms with Gasteiger partial charge in [-0.3, -0.25) is 0 Å². The summed E-state index contributed by atoms with van der Waals surface area (Å²) in [5.74, 6) is 1.63. The van der Waals surface area contributed by atoms with Gasteiger partial charge in [-0.1, -0.05) is 43.7 Å². The summed E-state index contributed by atoms with van der Waals surface area (Å²) in [6.45, 7) is 8.82. The van der Waals surface area contributed by atoms with Crippen LogP contribution in [0, 0.1) is 0 Å². The van der Waals surface area contributed by atoms with Crippen molar-refractivity contribution in [3.8, 4) is 11.5 Å². The summed E-state index contributed by atoms with van der Waals surface area (Å²) >= 11 is 0. The van der Waals surface area contributed by atoms with Crippen LogP contribution in [0.4, 0.5) is 5.69 Å². The molecule has 0 saturated heterocycles. The van der Waals surface area contributed by atoms with E-state index in [1.165, 1.54) is 18.5 Å². The number of hydrogen-bond acceptors (Lipinski definition) is 3. The summed E-state index contributed by atoms with van der Waals surface area (Å²) < 4.78 is 11.8. The van der Waals surface area contributed by atoms with E-state index in [4.69, 9.17) is 9.47 Å². The zero-order valence-electron chi connectivity index (χ0n) is 15.1. The first-order chi connectivity index (χ1) is 11.7. The molecule has 0 amide bonds. The lowest BCUT2D eigenvalue weighted by Crippen LogP contribution is -2.29. The van der Waals surface area contributed by atoms with Crippen molar-refractivity contribution in [3.05, 3.63) is 54.6 Å². The molecular weight excluding hydrogens is 298 g/mol. The van der Waals surface area contributed by atoms with E-state index < -0.39 is 0 Å². The lowest BCUT2D eigenvalue weighted by atomic mass is 10.2. The number of anilines is 1. The number of ether oxygens (including phenoxy) is 2. The lowest BCUT2D eigenvalue weighted by molar-refractivity contribution is 0.222. The summed E-state index contributed by atoms with van der Waals surface area (Å²) in [5.41, 5.74) is 1.25. The highest BCUT2D eigenvalue weighted by Gasteiger charge is 2.09. The average molecular weight is 327 g/mol. The molecule has 0 spiro atoms. The molecule has 0 atom stereocenters. The van der Waals surface area contributed by atoms with E-state index in [9.17, 15) is 0 Å². The topological polar surface area (TPSA) is 21.7 Å². The van der Waals surface area contributed by atoms with Crippen molar-refractivity contribution in [2.45, 2.75) is 39.7 Å². The summed E-state index contributed by atoms with van der Waals surface area (Å²) in [6, 6.07) is 18.4. The first-order valence-electron chi connectivity index (χ1n) is 8.89. The van der Waals surface area contributed by atoms with E-state index in [2.05, 4.69) is 42.2 Å². The van der Waals surface area contributed by atoms with Crippen molar-refractivity contribution in [2.75, 3.05) is 24.6 Å². The first-order valence-corrected chi connectivity index (χ1v) is 8.89. The quantitative estimate of drug-likeness (QED) is 0.601. The van der Waals surface area contributed by atoms with Crippen LogP contribution in [0.5, 0.6) is 11.5 Å². The number of rotatable bonds is 10. The van der Waals surface area contributed by atoms with Crippen LogP contribution >= 0.6 is 0 Å². The second kappa shape index (κ2) is 9.86. The Labute approximate surface area is 146 Å². The molecule has 0 aliphatic rings. The molecule has 0 unspecified atom stereocenters. The molecule has 0 aliphatic carbocycles. The van der Waals surface area contributed by atoms with Gasteiger partial charge in [-0.2, -0.15) is 0 Å². The molecule has 0 heterocycles. The van der Waals surface area contributed by atoms with Gasteiger partial charge < -0.3 is 14.4 Å². The minimum Gasteiger partial charge on any atom is -0.488 e. The lowest BCUT2D eigenvalue weighted by Gasteiger charge is -2.25. The third-order valence-electron chi connectivity index (χ3n) is 3.73. The van der Waals surface area contributed by atoms with Crippen LogP contribution < -0.4 is 14.4 Å². The van der Waals surface area contributed by atoms with Crippen molar-refractivity contribution < 1.29 is 9.47 Å². The van der Waals surface area contributed by atoms with Crippen molar-refractivity contribution in [1.82, 2.24) is 0 Å². The molecule has 2 aromatic carbocycles. The normalized spacial score (nSPS) is 10.7. The van der Waals surface area contributed by atoms with E-state index in [1.54, 1.807) is 0 Å². The Morgan fingerprint density at radius 1 is 0.875 bits per heavy atom. The van der Waals surface area contributed by atoms with Crippen LogP contribution in [-0.4, -0.2) is 25.8 Å². The number of hydrogen-bond donors (Lipinski definition) is 0. The second-order valence-electron chi connectivity index (χ2n) is 6.14. The van der Waals surface area contributed by atoms with Crippen molar-refractivity contribution in [2.24, 2.45) is 0 Å². The van der Waals surface area contributed by atoms with Gasteiger partial charge in [-0.05, 0) is 44.5 Å². The monoisotopic (exact) mass is 327 g/mol. The van der Waals surface area contributed by atoms with Crippen LogP contribution in [-0.2, 0) is 0 Å². The largest absolute Gasteiger partial charge is 0.488 e. The highest BCUT2D eigenvalue weighted by atomic mass is 16.5. The Hall–Kier alpha value is -2.16. The van der Waals surface area contributed by atoms with Crippen LogP contribution in [0.2, 0.25) is 0 Å². The summed E-state index contributed by atoms with van der Waals surface area (Å²) in [5, 5.41) is 0. The Balaban J connectivity index is 1.95. The van der Waals surface area contributed by atoms with Gasteiger partial charge in [0, 0.05) is 12.2 Å². The van der Waals surface area contributed by atoms with Gasteiger partial charge in [-0.15, -0.1) is 0 Å². The van der Waals surface area contributed by atoms with E-state index in [-0.39, 0.29) is 6.10 Å². The van der Waals surface area contributed by atoms with Crippen LogP contribution in [0.3, 0.4) is 0 Å². The SMILES string of the molecule is CCCCN(CCOc1ccccc1OC(C)C)c1ccccc1. The third kappa shape index (κ3) is 5.80. The van der Waals surface area contributed by atoms with Crippen LogP contribution in [0.25, 0.3) is 0 Å². The molecule has 0 saturated carbocycles. The van der Waals surface area contributed by atoms with Gasteiger partial charge in [0.15, 0.2) is 11.5 Å². The summed E-state index contributed by atoms with van der Waals surface area (Å²) in [4.78, 5) is 2.38. The van der Waals surface area contributed by atoms with Crippen molar-refractivity contribution >= 4 is 5.69 Å². The highest BCUT2D eigenvalue weighted by molar-refractivity contribution is 5.46. The smallest absolute Gasteiger partial charge is 0.161 e. The minimum atomic E-state index is 0.139. The highest BCUT2D eigenvalue weighted by Crippen LogP contribution is 2.27. The maximum atomic E-state index is 6.00. The fourth-order valence-corrected chi connectivity index (χ4v) is 2.54. The molecule has 3 heteroatoms. The number of benzene rings is 2. The zero-order valence-corrected chi connectivity index (χ0v) is 15.1. The van der Waals surface area contributed by atoms with Gasteiger partial charge in [0.1, 0.15) is 6.61 Å². The van der Waals surface area contributed by atoms with Crippen LogP contribution in [0.15, 0.2) is 54.6 Å². The average Bonchev–Trinajstić information content (AvgIpc) is 2.59. The second-order valence-corrected chi connectivity index (χ2v) is 6.14. The molecule has 2 aromatic rings. The van der Waals surface area contributed by atoms with E-state index in [0.29, 0.717) is 6.61 Å². The number of para-hydroxylation sites is 3. The van der Waals surface area contributed by atoms with Gasteiger partial charge in [-0.25, -0.2) is 0 Å². The zero-order chi connectivity index (χ0) is 17.2. The summed E-state index contributed by atoms with van der Waals surface area (Å²) in [7, 11) is 0. The number of unbranched alkanes of at least 4 members (excludes halogenated alkanes) is 1. The van der Waals surface area contributed by atoms with Gasteiger partial charge >= 0.3 is 0 Å². The van der Waals surface area contributed by atoms with Crippen molar-refractivity contribution in [1.29, 1.82) is 0 Å². The van der Waals surface area contributed by atoms with E-state index in [1.807, 2.05) is 38.1 Å². The standard InChI is InChI=1S/C21H29NO2/c1-4-5-15-22(19-11-7-6-8-12-19)16-17-23-20-13-9-10-14-21(20)24-18(2)3/h6-14,18H,4-5,15-17H2,1-3H3. The van der Waals surface area contributed by atoms with Gasteiger partial charge in [0.2, 0.25) is 0 Å². The van der Waals surface area contributed by atoms with Gasteiger partial charge in [0.25, 0.3) is 0 Å². The Morgan fingerprint density at radius 2 is 1.54 bits per heavy atom. The number of nitrogens with zero attached hydrogens (tertiary/aromatic N) is 1. The molecule has 0 fully saturated rings. The third-order valence-corrected chi connectivity index (χ3v) is 3.73. The fourth-order valence-electron chi connectivity index (χ4n) is 2.54. The van der Waals surface area contributed by atoms with Gasteiger partial charge in [0.05, 0.1) is 12.6 Å². The Bertz CT molecular complexity index is 583. The van der Waals surface area contributed by atoms with E-state index >= 15 is 0 Å². The molecule has 0 aromatic heterocycles. The molecule has 3 nitrogen and oxygen atoms in total. The Kier molecular flexibility index (Phi) is 7.47. The molecular formula is C21H29NO2. The first kappa shape index (κ1) is 18.2. The Morgan fingerprint density at radius 3 is 2.21 bits per heavy atom. The molecule has 0 N–H and O–H groups in total. The molecule has 2 rings (SSSR count).